The fourth-order valence-electron chi connectivity index (χ4n) is 3.80. The lowest BCUT2D eigenvalue weighted by molar-refractivity contribution is 0.309. The van der Waals surface area contributed by atoms with E-state index in [1.807, 2.05) is 0 Å². The van der Waals surface area contributed by atoms with Crippen LogP contribution >= 0.6 is 0 Å². The highest BCUT2D eigenvalue weighted by molar-refractivity contribution is 5.64. The van der Waals surface area contributed by atoms with Gasteiger partial charge in [-0.05, 0) is 66.8 Å². The number of benzene rings is 2. The third-order valence-electron chi connectivity index (χ3n) is 5.56. The highest BCUT2D eigenvalue weighted by Gasteiger charge is 2.17. The summed E-state index contributed by atoms with van der Waals surface area (Å²) in [6.45, 7) is 4.54. The van der Waals surface area contributed by atoms with Crippen LogP contribution in [0.5, 0.6) is 0 Å². The molecule has 0 unspecified atom stereocenters. The Morgan fingerprint density at radius 3 is 1.96 bits per heavy atom. The molecule has 0 radical (unpaired) electrons. The van der Waals surface area contributed by atoms with Crippen molar-refractivity contribution in [3.8, 4) is 23.0 Å². The highest BCUT2D eigenvalue weighted by Crippen LogP contribution is 2.30. The van der Waals surface area contributed by atoms with Gasteiger partial charge in [-0.1, -0.05) is 74.9 Å². The van der Waals surface area contributed by atoms with Crippen molar-refractivity contribution in [2.75, 3.05) is 0 Å². The minimum Gasteiger partial charge on any atom is -0.0945 e. The summed E-state index contributed by atoms with van der Waals surface area (Å²) in [5.41, 5.74) is 5.13. The Morgan fingerprint density at radius 1 is 0.800 bits per heavy atom. The van der Waals surface area contributed by atoms with Crippen LogP contribution in [0.4, 0.5) is 0 Å². The van der Waals surface area contributed by atoms with Gasteiger partial charge in [-0.3, -0.25) is 0 Å². The van der Waals surface area contributed by atoms with E-state index in [0.717, 1.165) is 17.9 Å². The first kappa shape index (κ1) is 17.8. The summed E-state index contributed by atoms with van der Waals surface area (Å²) in [4.78, 5) is 0. The summed E-state index contributed by atoms with van der Waals surface area (Å²) < 4.78 is 0. The summed E-state index contributed by atoms with van der Waals surface area (Å²) in [7, 11) is 0. The zero-order chi connectivity index (χ0) is 17.5. The molecule has 0 nitrogen and oxygen atoms in total. The fourth-order valence-corrected chi connectivity index (χ4v) is 3.80. The third kappa shape index (κ3) is 4.99. The average molecular weight is 331 g/mol. The molecule has 1 aliphatic carbocycles. The van der Waals surface area contributed by atoms with Crippen molar-refractivity contribution in [2.45, 2.75) is 58.8 Å². The lowest BCUT2D eigenvalue weighted by Crippen LogP contribution is -2.12. The van der Waals surface area contributed by atoms with Crippen LogP contribution in [-0.4, -0.2) is 0 Å². The maximum absolute atomic E-state index is 3.51. The van der Waals surface area contributed by atoms with Crippen LogP contribution in [0.3, 0.4) is 0 Å². The quantitative estimate of drug-likeness (QED) is 0.536. The van der Waals surface area contributed by atoms with Crippen LogP contribution in [0.25, 0.3) is 11.1 Å². The smallest absolute Gasteiger partial charge is 0.0245 e. The molecule has 0 atom stereocenters. The molecule has 2 aromatic rings. The molecular weight excluding hydrogens is 300 g/mol. The van der Waals surface area contributed by atoms with Gasteiger partial charge in [-0.25, -0.2) is 0 Å². The van der Waals surface area contributed by atoms with Crippen LogP contribution in [0, 0.1) is 23.7 Å². The van der Waals surface area contributed by atoms with Crippen LogP contribution in [0.1, 0.15) is 63.5 Å². The molecule has 2 aromatic carbocycles. The van der Waals surface area contributed by atoms with Gasteiger partial charge in [0.1, 0.15) is 0 Å². The molecule has 0 N–H and O–H groups in total. The lowest BCUT2D eigenvalue weighted by Gasteiger charge is -2.24. The largest absolute Gasteiger partial charge is 0.0945 e. The van der Waals surface area contributed by atoms with Gasteiger partial charge in [0, 0.05) is 11.5 Å². The van der Waals surface area contributed by atoms with E-state index in [2.05, 4.69) is 74.2 Å². The van der Waals surface area contributed by atoms with Crippen LogP contribution in [0.15, 0.2) is 48.5 Å². The van der Waals surface area contributed by atoms with Gasteiger partial charge in [-0.2, -0.15) is 0 Å². The lowest BCUT2D eigenvalue weighted by atomic mass is 9.81. The molecule has 0 amide bonds. The zero-order valence-corrected chi connectivity index (χ0v) is 15.7. The van der Waals surface area contributed by atoms with Crippen molar-refractivity contribution in [1.82, 2.24) is 0 Å². The monoisotopic (exact) mass is 330 g/mol. The van der Waals surface area contributed by atoms with Crippen molar-refractivity contribution in [1.29, 1.82) is 0 Å². The molecule has 1 aliphatic rings. The van der Waals surface area contributed by atoms with Gasteiger partial charge in [-0.15, -0.1) is 0 Å². The molecule has 0 heteroatoms. The second-order valence-electron chi connectivity index (χ2n) is 7.42. The molecule has 130 valence electrons. The second kappa shape index (κ2) is 8.91. The van der Waals surface area contributed by atoms with E-state index in [1.54, 1.807) is 0 Å². The summed E-state index contributed by atoms with van der Waals surface area (Å²) in [6.07, 6.45) is 9.00. The highest BCUT2D eigenvalue weighted by atomic mass is 14.2. The molecule has 0 bridgehead atoms. The van der Waals surface area contributed by atoms with E-state index in [1.165, 1.54) is 55.2 Å². The molecule has 0 spiro atoms. The van der Waals surface area contributed by atoms with Gasteiger partial charge in [0.2, 0.25) is 0 Å². The summed E-state index contributed by atoms with van der Waals surface area (Å²) >= 11 is 0. The first-order valence-corrected chi connectivity index (χ1v) is 9.99. The van der Waals surface area contributed by atoms with Crippen molar-refractivity contribution in [3.63, 3.8) is 0 Å². The number of hydrogen-bond donors (Lipinski definition) is 0. The maximum Gasteiger partial charge on any atom is 0.0245 e. The SMILES string of the molecule is CCCc1ccc(-c2ccc(C#C[C@H]3CC[C@H](CC)CC3)cc2)cc1. The number of rotatable bonds is 4. The second-order valence-corrected chi connectivity index (χ2v) is 7.42. The van der Waals surface area contributed by atoms with Crippen molar-refractivity contribution >= 4 is 0 Å². The molecule has 1 fully saturated rings. The van der Waals surface area contributed by atoms with E-state index in [4.69, 9.17) is 0 Å². The predicted molar refractivity (Wildman–Crippen MR) is 108 cm³/mol. The van der Waals surface area contributed by atoms with Crippen LogP contribution < -0.4 is 0 Å². The Morgan fingerprint density at radius 2 is 1.40 bits per heavy atom. The first-order valence-electron chi connectivity index (χ1n) is 9.99. The Hall–Kier alpha value is -2.00. The van der Waals surface area contributed by atoms with Crippen molar-refractivity contribution in [3.05, 3.63) is 59.7 Å². The summed E-state index contributed by atoms with van der Waals surface area (Å²) in [6, 6.07) is 17.7. The molecule has 0 aliphatic heterocycles. The Balaban J connectivity index is 1.62. The predicted octanol–water partition coefficient (Wildman–Crippen LogP) is 6.87. The topological polar surface area (TPSA) is 0 Å². The van der Waals surface area contributed by atoms with E-state index in [-0.39, 0.29) is 0 Å². The number of aryl methyl sites for hydroxylation is 1. The normalized spacial score (nSPS) is 19.9. The summed E-state index contributed by atoms with van der Waals surface area (Å²) in [5, 5.41) is 0. The van der Waals surface area contributed by atoms with Crippen LogP contribution in [0.2, 0.25) is 0 Å². The zero-order valence-electron chi connectivity index (χ0n) is 15.7. The number of hydrogen-bond acceptors (Lipinski definition) is 0. The Labute approximate surface area is 153 Å². The van der Waals surface area contributed by atoms with Gasteiger partial charge < -0.3 is 0 Å². The minimum absolute atomic E-state index is 0.605. The molecule has 0 saturated heterocycles. The van der Waals surface area contributed by atoms with Crippen molar-refractivity contribution in [2.24, 2.45) is 11.8 Å². The Bertz CT molecular complexity index is 701. The van der Waals surface area contributed by atoms with Gasteiger partial charge in [0.05, 0.1) is 0 Å². The molecule has 3 rings (SSSR count). The van der Waals surface area contributed by atoms with Crippen LogP contribution in [-0.2, 0) is 6.42 Å². The van der Waals surface area contributed by atoms with E-state index in [9.17, 15) is 0 Å². The third-order valence-corrected chi connectivity index (χ3v) is 5.56. The fraction of sp³-hybridized carbons (Fsp3) is 0.440. The summed E-state index contributed by atoms with van der Waals surface area (Å²) in [5.74, 6) is 8.47. The van der Waals surface area contributed by atoms with Gasteiger partial charge in [0.25, 0.3) is 0 Å². The van der Waals surface area contributed by atoms with Gasteiger partial charge in [0.15, 0.2) is 0 Å². The van der Waals surface area contributed by atoms with E-state index in [0.29, 0.717) is 5.92 Å². The maximum atomic E-state index is 3.51. The Kier molecular flexibility index (Phi) is 6.35. The molecule has 0 aromatic heterocycles. The van der Waals surface area contributed by atoms with Crippen molar-refractivity contribution < 1.29 is 0 Å². The van der Waals surface area contributed by atoms with E-state index < -0.39 is 0 Å². The standard InChI is InChI=1S/C25H30/c1-3-5-21-12-16-24(17-13-21)25-18-14-23(15-19-25)11-10-22-8-6-20(4-2)7-9-22/h12-20,22H,3-9H2,1-2H3/t20-,22-. The molecule has 1 saturated carbocycles. The first-order chi connectivity index (χ1) is 12.3. The molecular formula is C25H30. The molecule has 25 heavy (non-hydrogen) atoms. The van der Waals surface area contributed by atoms with E-state index >= 15 is 0 Å². The molecule has 0 heterocycles. The average Bonchev–Trinajstić information content (AvgIpc) is 2.68. The minimum atomic E-state index is 0.605. The van der Waals surface area contributed by atoms with Gasteiger partial charge >= 0.3 is 0 Å².